The van der Waals surface area contributed by atoms with Gasteiger partial charge in [-0.25, -0.2) is 4.68 Å². The van der Waals surface area contributed by atoms with Gasteiger partial charge < -0.3 is 0 Å². The molecule has 0 amide bonds. The van der Waals surface area contributed by atoms with Gasteiger partial charge in [0.15, 0.2) is 5.78 Å². The van der Waals surface area contributed by atoms with Crippen LogP contribution in [-0.2, 0) is 0 Å². The molecule has 1 aromatic carbocycles. The molecule has 0 aliphatic heterocycles. The maximum Gasteiger partial charge on any atom is 0.210 e. The predicted molar refractivity (Wildman–Crippen MR) is 86.4 cm³/mol. The molecule has 0 bridgehead atoms. The summed E-state index contributed by atoms with van der Waals surface area (Å²) in [5.41, 5.74) is 0.657. The number of hydrogen-bond acceptors (Lipinski definition) is 5. The molecule has 1 unspecified atom stereocenters. The van der Waals surface area contributed by atoms with Crippen LogP contribution in [0.3, 0.4) is 0 Å². The molecule has 2 aromatic rings. The van der Waals surface area contributed by atoms with Gasteiger partial charge >= 0.3 is 0 Å². The maximum absolute atomic E-state index is 12.5. The van der Waals surface area contributed by atoms with E-state index >= 15 is 0 Å². The molecule has 5 nitrogen and oxygen atoms in total. The Morgan fingerprint density at radius 2 is 2.00 bits per heavy atom. The molecular weight excluding hydrogens is 320 g/mol. The number of nitrogens with zero attached hydrogens (tertiary/aromatic N) is 4. The van der Waals surface area contributed by atoms with Crippen LogP contribution in [-0.4, -0.2) is 31.2 Å². The first-order chi connectivity index (χ1) is 10.6. The molecule has 1 atom stereocenters. The third-order valence-corrected chi connectivity index (χ3v) is 5.21. The number of ketones is 1. The molecule has 0 N–H and O–H groups in total. The van der Waals surface area contributed by atoms with Crippen LogP contribution in [0.5, 0.6) is 0 Å². The summed E-state index contributed by atoms with van der Waals surface area (Å²) >= 11 is 7.27. The highest BCUT2D eigenvalue weighted by Crippen LogP contribution is 2.33. The highest BCUT2D eigenvalue weighted by molar-refractivity contribution is 8.00. The van der Waals surface area contributed by atoms with Gasteiger partial charge in [-0.2, -0.15) is 0 Å². The quantitative estimate of drug-likeness (QED) is 0.614. The van der Waals surface area contributed by atoms with Crippen LogP contribution in [0.15, 0.2) is 29.4 Å². The number of rotatable bonds is 5. The highest BCUT2D eigenvalue weighted by Gasteiger charge is 2.25. The topological polar surface area (TPSA) is 60.7 Å². The molecule has 1 aliphatic rings. The van der Waals surface area contributed by atoms with E-state index in [1.165, 1.54) is 24.6 Å². The van der Waals surface area contributed by atoms with Gasteiger partial charge in [0, 0.05) is 10.6 Å². The van der Waals surface area contributed by atoms with E-state index in [-0.39, 0.29) is 11.0 Å². The Morgan fingerprint density at radius 1 is 1.32 bits per heavy atom. The summed E-state index contributed by atoms with van der Waals surface area (Å²) in [5.74, 6) is 0.0580. The third-order valence-electron chi connectivity index (χ3n) is 3.91. The van der Waals surface area contributed by atoms with Crippen LogP contribution in [0.25, 0.3) is 0 Å². The van der Waals surface area contributed by atoms with E-state index in [9.17, 15) is 4.79 Å². The molecule has 1 aliphatic carbocycles. The van der Waals surface area contributed by atoms with E-state index in [2.05, 4.69) is 15.5 Å². The molecule has 1 saturated carbocycles. The lowest BCUT2D eigenvalue weighted by Crippen LogP contribution is -2.16. The van der Waals surface area contributed by atoms with E-state index in [0.29, 0.717) is 16.6 Å². The van der Waals surface area contributed by atoms with E-state index < -0.39 is 0 Å². The fourth-order valence-electron chi connectivity index (χ4n) is 2.70. The highest BCUT2D eigenvalue weighted by atomic mass is 35.5. The van der Waals surface area contributed by atoms with E-state index in [4.69, 9.17) is 11.6 Å². The Labute approximate surface area is 138 Å². The summed E-state index contributed by atoms with van der Waals surface area (Å²) < 4.78 is 1.88. The van der Waals surface area contributed by atoms with Crippen molar-refractivity contribution in [1.82, 2.24) is 20.2 Å². The smallest absolute Gasteiger partial charge is 0.210 e. The zero-order chi connectivity index (χ0) is 15.5. The van der Waals surface area contributed by atoms with Gasteiger partial charge in [-0.15, -0.1) is 5.10 Å². The maximum atomic E-state index is 12.5. The predicted octanol–water partition coefficient (Wildman–Crippen LogP) is 3.81. The van der Waals surface area contributed by atoms with Gasteiger partial charge in [0.05, 0.1) is 11.3 Å². The van der Waals surface area contributed by atoms with Gasteiger partial charge in [0.1, 0.15) is 0 Å². The fraction of sp³-hybridized carbons (Fsp3) is 0.467. The number of aromatic nitrogens is 4. The molecule has 0 saturated heterocycles. The van der Waals surface area contributed by atoms with Crippen molar-refractivity contribution in [3.05, 3.63) is 34.9 Å². The van der Waals surface area contributed by atoms with Crippen LogP contribution < -0.4 is 0 Å². The van der Waals surface area contributed by atoms with Crippen LogP contribution in [0.2, 0.25) is 5.02 Å². The first-order valence-electron chi connectivity index (χ1n) is 7.39. The Hall–Kier alpha value is -1.40. The monoisotopic (exact) mass is 336 g/mol. The summed E-state index contributed by atoms with van der Waals surface area (Å²) in [6, 6.07) is 7.34. The molecule has 7 heteroatoms. The van der Waals surface area contributed by atoms with Gasteiger partial charge in [-0.3, -0.25) is 4.79 Å². The summed E-state index contributed by atoms with van der Waals surface area (Å²) in [6.07, 6.45) is 4.65. The SMILES string of the molecule is CC(Sc1nnnn1C1CCCC1)C(=O)c1ccc(Cl)cc1. The number of hydrogen-bond donors (Lipinski definition) is 0. The molecule has 22 heavy (non-hydrogen) atoms. The minimum absolute atomic E-state index is 0.0580. The molecule has 1 aromatic heterocycles. The lowest BCUT2D eigenvalue weighted by Gasteiger charge is -2.13. The van der Waals surface area contributed by atoms with E-state index in [0.717, 1.165) is 18.0 Å². The first-order valence-corrected chi connectivity index (χ1v) is 8.65. The second kappa shape index (κ2) is 6.79. The standard InChI is InChI=1S/C15H17ClN4OS/c1-10(14(21)11-6-8-12(16)9-7-11)22-15-17-18-19-20(15)13-4-2-3-5-13/h6-10,13H,2-5H2,1H3. The molecule has 1 fully saturated rings. The average Bonchev–Trinajstić information content (AvgIpc) is 3.18. The second-order valence-electron chi connectivity index (χ2n) is 5.48. The van der Waals surface area contributed by atoms with E-state index in [1.807, 2.05) is 11.6 Å². The fourth-order valence-corrected chi connectivity index (χ4v) is 3.76. The third kappa shape index (κ3) is 3.33. The summed E-state index contributed by atoms with van der Waals surface area (Å²) in [7, 11) is 0. The number of carbonyl (C=O) groups excluding carboxylic acids is 1. The van der Waals surface area contributed by atoms with Crippen molar-refractivity contribution >= 4 is 29.1 Å². The largest absolute Gasteiger partial charge is 0.293 e. The van der Waals surface area contributed by atoms with Crippen molar-refractivity contribution in [2.45, 2.75) is 49.1 Å². The van der Waals surface area contributed by atoms with Crippen molar-refractivity contribution in [2.24, 2.45) is 0 Å². The van der Waals surface area contributed by atoms with Crippen molar-refractivity contribution in [3.63, 3.8) is 0 Å². The van der Waals surface area contributed by atoms with Crippen molar-refractivity contribution in [3.8, 4) is 0 Å². The lowest BCUT2D eigenvalue weighted by molar-refractivity contribution is 0.0994. The van der Waals surface area contributed by atoms with Crippen LogP contribution in [0, 0.1) is 0 Å². The zero-order valence-corrected chi connectivity index (χ0v) is 13.8. The molecule has 0 spiro atoms. The Kier molecular flexibility index (Phi) is 4.78. The normalized spacial score (nSPS) is 16.8. The van der Waals surface area contributed by atoms with Gasteiger partial charge in [0.2, 0.25) is 5.16 Å². The van der Waals surface area contributed by atoms with Crippen molar-refractivity contribution < 1.29 is 4.79 Å². The van der Waals surface area contributed by atoms with Crippen LogP contribution in [0.1, 0.15) is 49.0 Å². The molecule has 1 heterocycles. The van der Waals surface area contributed by atoms with Crippen molar-refractivity contribution in [1.29, 1.82) is 0 Å². The van der Waals surface area contributed by atoms with Crippen molar-refractivity contribution in [2.75, 3.05) is 0 Å². The number of carbonyl (C=O) groups is 1. The number of Topliss-reactive ketones (excluding diaryl/α,β-unsaturated/α-hetero) is 1. The number of thioether (sulfide) groups is 1. The molecule has 0 radical (unpaired) electrons. The molecular formula is C15H17ClN4OS. The number of tetrazole rings is 1. The average molecular weight is 337 g/mol. The Bertz CT molecular complexity index is 652. The molecule has 3 rings (SSSR count). The van der Waals surface area contributed by atoms with Crippen LogP contribution in [0.4, 0.5) is 0 Å². The number of halogens is 1. The zero-order valence-electron chi connectivity index (χ0n) is 12.3. The van der Waals surface area contributed by atoms with E-state index in [1.54, 1.807) is 24.3 Å². The van der Waals surface area contributed by atoms with Gasteiger partial charge in [-0.05, 0) is 54.5 Å². The van der Waals surface area contributed by atoms with Crippen LogP contribution >= 0.6 is 23.4 Å². The summed E-state index contributed by atoms with van der Waals surface area (Å²) in [6.45, 7) is 1.88. The summed E-state index contributed by atoms with van der Waals surface area (Å²) in [5, 5.41) is 13.1. The minimum Gasteiger partial charge on any atom is -0.293 e. The Morgan fingerprint density at radius 3 is 2.68 bits per heavy atom. The minimum atomic E-state index is -0.243. The first kappa shape index (κ1) is 15.5. The lowest BCUT2D eigenvalue weighted by atomic mass is 10.1. The Balaban J connectivity index is 1.71. The molecule has 116 valence electrons. The van der Waals surface area contributed by atoms with Gasteiger partial charge in [0.25, 0.3) is 0 Å². The van der Waals surface area contributed by atoms with Gasteiger partial charge in [-0.1, -0.05) is 36.2 Å². The number of benzene rings is 1. The summed E-state index contributed by atoms with van der Waals surface area (Å²) in [4.78, 5) is 12.5. The second-order valence-corrected chi connectivity index (χ2v) is 7.22.